The van der Waals surface area contributed by atoms with Gasteiger partial charge >= 0.3 is 5.97 Å². The second kappa shape index (κ2) is 12.3. The van der Waals surface area contributed by atoms with E-state index in [9.17, 15) is 24.3 Å². The van der Waals surface area contributed by atoms with Gasteiger partial charge in [0.2, 0.25) is 5.91 Å². The Balaban J connectivity index is 1.60. The lowest BCUT2D eigenvalue weighted by Gasteiger charge is -2.17. The molecule has 0 fully saturated rings. The summed E-state index contributed by atoms with van der Waals surface area (Å²) in [7, 11) is 0. The SMILES string of the molecule is Cc1ncc(C(=O)NC[C@H](NC(=O)c2c(Cl)cc(CNC(=O)C=Cc3ccco3)cc2Cl)C(=O)O)s1. The number of thiazole rings is 1. The fraction of sp³-hybridized carbons (Fsp3) is 0.174. The van der Waals surface area contributed by atoms with Gasteiger partial charge in [-0.2, -0.15) is 0 Å². The summed E-state index contributed by atoms with van der Waals surface area (Å²) in [6.07, 6.45) is 5.66. The largest absolute Gasteiger partial charge is 0.480 e. The number of carboxylic acids is 1. The third kappa shape index (κ3) is 7.41. The predicted octanol–water partition coefficient (Wildman–Crippen LogP) is 3.29. The Kier molecular flexibility index (Phi) is 9.23. The van der Waals surface area contributed by atoms with Crippen molar-refractivity contribution in [1.82, 2.24) is 20.9 Å². The molecule has 0 saturated carbocycles. The van der Waals surface area contributed by atoms with Crippen LogP contribution in [0.2, 0.25) is 10.0 Å². The van der Waals surface area contributed by atoms with E-state index in [1.54, 1.807) is 19.1 Å². The van der Waals surface area contributed by atoms with Crippen LogP contribution < -0.4 is 16.0 Å². The topological polar surface area (TPSA) is 151 Å². The molecule has 0 radical (unpaired) electrons. The first-order chi connectivity index (χ1) is 17.1. The number of aryl methyl sites for hydroxylation is 1. The van der Waals surface area contributed by atoms with Crippen LogP contribution >= 0.6 is 34.5 Å². The first-order valence-corrected chi connectivity index (χ1v) is 11.9. The lowest BCUT2D eigenvalue weighted by molar-refractivity contribution is -0.139. The van der Waals surface area contributed by atoms with Crippen molar-refractivity contribution in [1.29, 1.82) is 0 Å². The Bertz CT molecular complexity index is 1280. The Morgan fingerprint density at radius 1 is 1.17 bits per heavy atom. The highest BCUT2D eigenvalue weighted by molar-refractivity contribution is 7.13. The second-order valence-corrected chi connectivity index (χ2v) is 9.37. The molecule has 36 heavy (non-hydrogen) atoms. The van der Waals surface area contributed by atoms with E-state index in [4.69, 9.17) is 27.6 Å². The number of rotatable bonds is 10. The molecule has 3 rings (SSSR count). The predicted molar refractivity (Wildman–Crippen MR) is 134 cm³/mol. The molecule has 4 N–H and O–H groups in total. The molecule has 0 spiro atoms. The van der Waals surface area contributed by atoms with E-state index in [0.29, 0.717) is 21.2 Å². The number of carbonyl (C=O) groups is 4. The van der Waals surface area contributed by atoms with Gasteiger partial charge in [-0.05, 0) is 42.8 Å². The summed E-state index contributed by atoms with van der Waals surface area (Å²) in [6.45, 7) is 1.43. The summed E-state index contributed by atoms with van der Waals surface area (Å²) in [6, 6.07) is 4.81. The normalized spacial score (nSPS) is 11.8. The van der Waals surface area contributed by atoms with Crippen molar-refractivity contribution >= 4 is 64.3 Å². The van der Waals surface area contributed by atoms with Crippen LogP contribution in [-0.2, 0) is 16.1 Å². The van der Waals surface area contributed by atoms with Gasteiger partial charge in [0.1, 0.15) is 16.7 Å². The van der Waals surface area contributed by atoms with Crippen molar-refractivity contribution in [2.24, 2.45) is 0 Å². The highest BCUT2D eigenvalue weighted by atomic mass is 35.5. The van der Waals surface area contributed by atoms with Crippen molar-refractivity contribution in [3.05, 3.63) is 79.6 Å². The molecule has 10 nitrogen and oxygen atoms in total. The summed E-state index contributed by atoms with van der Waals surface area (Å²) in [4.78, 5) is 52.8. The lowest BCUT2D eigenvalue weighted by atomic mass is 10.1. The number of hydrogen-bond donors (Lipinski definition) is 4. The fourth-order valence-corrected chi connectivity index (χ4v) is 4.31. The Labute approximate surface area is 219 Å². The van der Waals surface area contributed by atoms with Crippen LogP contribution in [0.3, 0.4) is 0 Å². The summed E-state index contributed by atoms with van der Waals surface area (Å²) in [5, 5.41) is 17.5. The van der Waals surface area contributed by atoms with Crippen molar-refractivity contribution in [3.8, 4) is 0 Å². The van der Waals surface area contributed by atoms with Gasteiger partial charge in [0.05, 0.1) is 33.1 Å². The Morgan fingerprint density at radius 2 is 1.89 bits per heavy atom. The van der Waals surface area contributed by atoms with E-state index in [2.05, 4.69) is 20.9 Å². The van der Waals surface area contributed by atoms with Crippen LogP contribution in [0.25, 0.3) is 6.08 Å². The Morgan fingerprint density at radius 3 is 2.47 bits per heavy atom. The molecule has 0 unspecified atom stereocenters. The van der Waals surface area contributed by atoms with Gasteiger partial charge in [-0.3, -0.25) is 14.4 Å². The van der Waals surface area contributed by atoms with Crippen molar-refractivity contribution in [2.75, 3.05) is 6.54 Å². The van der Waals surface area contributed by atoms with Crippen molar-refractivity contribution < 1.29 is 28.7 Å². The van der Waals surface area contributed by atoms with Gasteiger partial charge < -0.3 is 25.5 Å². The number of halogens is 2. The molecule has 2 heterocycles. The highest BCUT2D eigenvalue weighted by Gasteiger charge is 2.25. The van der Waals surface area contributed by atoms with Crippen molar-refractivity contribution in [3.63, 3.8) is 0 Å². The van der Waals surface area contributed by atoms with Crippen LogP contribution in [0.1, 0.15) is 36.4 Å². The molecule has 13 heteroatoms. The van der Waals surface area contributed by atoms with E-state index in [0.717, 1.165) is 11.3 Å². The molecule has 0 bridgehead atoms. The smallest absolute Gasteiger partial charge is 0.328 e. The van der Waals surface area contributed by atoms with E-state index in [1.807, 2.05) is 0 Å². The molecular weight excluding hydrogens is 531 g/mol. The van der Waals surface area contributed by atoms with Gasteiger partial charge in [-0.1, -0.05) is 23.2 Å². The van der Waals surface area contributed by atoms with Gasteiger partial charge in [0, 0.05) is 19.2 Å². The maximum absolute atomic E-state index is 12.7. The molecule has 1 aromatic carbocycles. The second-order valence-electron chi connectivity index (χ2n) is 7.32. The Hall–Kier alpha value is -3.67. The van der Waals surface area contributed by atoms with Gasteiger partial charge in [-0.15, -0.1) is 11.3 Å². The minimum absolute atomic E-state index is 0.0383. The van der Waals surface area contributed by atoms with E-state index in [-0.39, 0.29) is 34.6 Å². The zero-order valence-corrected chi connectivity index (χ0v) is 21.0. The first-order valence-electron chi connectivity index (χ1n) is 10.4. The molecule has 1 atom stereocenters. The number of hydrogen-bond acceptors (Lipinski definition) is 7. The number of amides is 3. The van der Waals surface area contributed by atoms with Crippen LogP contribution in [0, 0.1) is 6.92 Å². The van der Waals surface area contributed by atoms with E-state index in [1.165, 1.54) is 36.7 Å². The molecule has 0 aliphatic heterocycles. The maximum atomic E-state index is 12.7. The molecule has 0 saturated heterocycles. The average molecular weight is 551 g/mol. The summed E-state index contributed by atoms with van der Waals surface area (Å²) in [5.74, 6) is -2.58. The minimum Gasteiger partial charge on any atom is -0.480 e. The number of benzene rings is 1. The first kappa shape index (κ1) is 26.9. The molecule has 188 valence electrons. The van der Waals surface area contributed by atoms with Gasteiger partial charge in [0.25, 0.3) is 11.8 Å². The van der Waals surface area contributed by atoms with Crippen LogP contribution in [0.4, 0.5) is 0 Å². The van der Waals surface area contributed by atoms with Crippen LogP contribution in [-0.4, -0.2) is 46.4 Å². The summed E-state index contributed by atoms with van der Waals surface area (Å²) in [5.41, 5.74) is 0.380. The van der Waals surface area contributed by atoms with Crippen LogP contribution in [0.5, 0.6) is 0 Å². The molecule has 2 aromatic heterocycles. The summed E-state index contributed by atoms with van der Waals surface area (Å²) < 4.78 is 5.10. The number of aromatic nitrogens is 1. The molecule has 0 aliphatic carbocycles. The zero-order chi connectivity index (χ0) is 26.2. The number of carboxylic acid groups (broad SMARTS) is 1. The number of furan rings is 1. The maximum Gasteiger partial charge on any atom is 0.328 e. The monoisotopic (exact) mass is 550 g/mol. The summed E-state index contributed by atoms with van der Waals surface area (Å²) >= 11 is 13.6. The molecule has 3 amide bonds. The fourth-order valence-electron chi connectivity index (χ4n) is 2.92. The number of carbonyl (C=O) groups excluding carboxylic acids is 3. The average Bonchev–Trinajstić information content (AvgIpc) is 3.50. The third-order valence-electron chi connectivity index (χ3n) is 4.65. The molecule has 0 aliphatic rings. The number of aliphatic carboxylic acids is 1. The molecular formula is C23H20Cl2N4O6S. The lowest BCUT2D eigenvalue weighted by Crippen LogP contribution is -2.48. The van der Waals surface area contributed by atoms with E-state index < -0.39 is 23.8 Å². The van der Waals surface area contributed by atoms with Crippen LogP contribution in [0.15, 0.2) is 47.2 Å². The number of nitrogens with one attached hydrogen (secondary N) is 3. The molecule has 3 aromatic rings. The van der Waals surface area contributed by atoms with E-state index >= 15 is 0 Å². The quantitative estimate of drug-likeness (QED) is 0.283. The van der Waals surface area contributed by atoms with Crippen molar-refractivity contribution in [2.45, 2.75) is 19.5 Å². The van der Waals surface area contributed by atoms with Gasteiger partial charge in [0.15, 0.2) is 0 Å². The minimum atomic E-state index is -1.44. The standard InChI is InChI=1S/C23H20Cl2N4O6S/c1-12-26-11-18(36-12)21(31)28-10-17(23(33)34)29-22(32)20-15(24)7-13(8-16(20)25)9-27-19(30)5-4-14-3-2-6-35-14/h2-8,11,17H,9-10H2,1H3,(H,27,30)(H,28,31)(H,29,32)(H,33,34)/t17-/m0/s1. The number of nitrogens with zero attached hydrogens (tertiary/aromatic N) is 1. The zero-order valence-electron chi connectivity index (χ0n) is 18.7. The third-order valence-corrected chi connectivity index (χ3v) is 6.16. The highest BCUT2D eigenvalue weighted by Crippen LogP contribution is 2.27. The van der Waals surface area contributed by atoms with Gasteiger partial charge in [-0.25, -0.2) is 9.78 Å².